The number of carbonyl (C=O) groups excluding carboxylic acids is 1. The van der Waals surface area contributed by atoms with E-state index in [9.17, 15) is 14.7 Å². The molecule has 1 fully saturated rings. The molecule has 0 aromatic carbocycles. The number of rotatable bonds is 5. The molecule has 2 heterocycles. The van der Waals surface area contributed by atoms with Crippen LogP contribution in [-0.2, 0) is 11.3 Å². The Kier molecular flexibility index (Phi) is 4.88. The Hall–Kier alpha value is -1.56. The number of aromatic nitrogens is 2. The largest absolute Gasteiger partial charge is 0.481 e. The second-order valence-corrected chi connectivity index (χ2v) is 5.77. The van der Waals surface area contributed by atoms with E-state index in [0.717, 1.165) is 12.8 Å². The van der Waals surface area contributed by atoms with E-state index < -0.39 is 11.9 Å². The maximum atomic E-state index is 12.6. The first kappa shape index (κ1) is 15.8. The van der Waals surface area contributed by atoms with E-state index >= 15 is 0 Å². The van der Waals surface area contributed by atoms with Crippen molar-refractivity contribution in [3.8, 4) is 0 Å². The zero-order valence-electron chi connectivity index (χ0n) is 12.3. The Bertz CT molecular complexity index is 544. The smallest absolute Gasteiger partial charge is 0.308 e. The van der Waals surface area contributed by atoms with Gasteiger partial charge in [-0.05, 0) is 19.3 Å². The minimum absolute atomic E-state index is 0.00761. The second-order valence-electron chi connectivity index (χ2n) is 5.36. The lowest BCUT2D eigenvalue weighted by Crippen LogP contribution is -2.32. The fourth-order valence-corrected chi connectivity index (χ4v) is 3.17. The predicted molar refractivity (Wildman–Crippen MR) is 78.3 cm³/mol. The fraction of sp³-hybridized carbons (Fsp3) is 0.643. The predicted octanol–water partition coefficient (Wildman–Crippen LogP) is 2.13. The Morgan fingerprint density at radius 2 is 2.14 bits per heavy atom. The molecule has 2 atom stereocenters. The van der Waals surface area contributed by atoms with Crippen molar-refractivity contribution in [2.75, 3.05) is 13.1 Å². The number of nitrogens with zero attached hydrogens (tertiary/aromatic N) is 3. The second kappa shape index (κ2) is 6.47. The Morgan fingerprint density at radius 3 is 2.71 bits per heavy atom. The van der Waals surface area contributed by atoms with Gasteiger partial charge in [0.15, 0.2) is 0 Å². The lowest BCUT2D eigenvalue weighted by molar-refractivity contribution is -0.142. The lowest BCUT2D eigenvalue weighted by atomic mass is 9.92. The van der Waals surface area contributed by atoms with Crippen molar-refractivity contribution in [3.05, 3.63) is 16.9 Å². The standard InChI is InChI=1S/C14H20ClN3O3/c1-3-5-9-7-17(8-10(9)14(20)21)13(19)12-11(15)6-16-18(12)4-2/h6,9-10H,3-5,7-8H2,1-2H3,(H,20,21)/t9-,10-/m1/s1. The van der Waals surface area contributed by atoms with Crippen LogP contribution in [0.5, 0.6) is 0 Å². The van der Waals surface area contributed by atoms with Crippen LogP contribution in [0.3, 0.4) is 0 Å². The molecule has 7 heteroatoms. The van der Waals surface area contributed by atoms with Gasteiger partial charge in [-0.3, -0.25) is 14.3 Å². The van der Waals surface area contributed by atoms with Gasteiger partial charge in [0, 0.05) is 19.6 Å². The van der Waals surface area contributed by atoms with Gasteiger partial charge >= 0.3 is 5.97 Å². The molecule has 1 saturated heterocycles. The molecule has 116 valence electrons. The molecular formula is C14H20ClN3O3. The molecule has 1 amide bonds. The summed E-state index contributed by atoms with van der Waals surface area (Å²) in [6.45, 7) is 5.15. The van der Waals surface area contributed by atoms with Gasteiger partial charge in [0.05, 0.1) is 17.1 Å². The van der Waals surface area contributed by atoms with E-state index in [1.54, 1.807) is 9.58 Å². The molecule has 0 unspecified atom stereocenters. The van der Waals surface area contributed by atoms with Crippen LogP contribution in [0.25, 0.3) is 0 Å². The number of likely N-dealkylation sites (tertiary alicyclic amines) is 1. The van der Waals surface area contributed by atoms with Crippen LogP contribution >= 0.6 is 11.6 Å². The highest BCUT2D eigenvalue weighted by Gasteiger charge is 2.40. The normalized spacial score (nSPS) is 21.8. The van der Waals surface area contributed by atoms with Crippen LogP contribution in [0.2, 0.25) is 5.02 Å². The van der Waals surface area contributed by atoms with Crippen molar-refractivity contribution in [1.29, 1.82) is 0 Å². The van der Waals surface area contributed by atoms with Crippen LogP contribution in [0.1, 0.15) is 37.2 Å². The first-order valence-corrected chi connectivity index (χ1v) is 7.60. The third-order valence-corrected chi connectivity index (χ3v) is 4.28. The van der Waals surface area contributed by atoms with Crippen molar-refractivity contribution in [2.24, 2.45) is 11.8 Å². The molecule has 1 aliphatic heterocycles. The molecular weight excluding hydrogens is 294 g/mol. The summed E-state index contributed by atoms with van der Waals surface area (Å²) in [6, 6.07) is 0. The molecule has 0 saturated carbocycles. The van der Waals surface area contributed by atoms with Gasteiger partial charge in [-0.1, -0.05) is 24.9 Å². The van der Waals surface area contributed by atoms with Crippen LogP contribution in [0.4, 0.5) is 0 Å². The zero-order chi connectivity index (χ0) is 15.6. The molecule has 0 radical (unpaired) electrons. The van der Waals surface area contributed by atoms with Crippen molar-refractivity contribution in [2.45, 2.75) is 33.2 Å². The van der Waals surface area contributed by atoms with Gasteiger partial charge in [-0.25, -0.2) is 0 Å². The SMILES string of the molecule is CCC[C@@H]1CN(C(=O)c2c(Cl)cnn2CC)C[C@H]1C(=O)O. The van der Waals surface area contributed by atoms with Gasteiger partial charge in [0.1, 0.15) is 5.69 Å². The van der Waals surface area contributed by atoms with Crippen molar-refractivity contribution in [3.63, 3.8) is 0 Å². The average Bonchev–Trinajstić information content (AvgIpc) is 3.02. The van der Waals surface area contributed by atoms with Crippen molar-refractivity contribution in [1.82, 2.24) is 14.7 Å². The van der Waals surface area contributed by atoms with Gasteiger partial charge in [-0.15, -0.1) is 0 Å². The van der Waals surface area contributed by atoms with Gasteiger partial charge in [0.2, 0.25) is 0 Å². The molecule has 1 aliphatic rings. The molecule has 1 aromatic heterocycles. The quantitative estimate of drug-likeness (QED) is 0.903. The number of aryl methyl sites for hydroxylation is 1. The third kappa shape index (κ3) is 3.05. The Balaban J connectivity index is 2.20. The topological polar surface area (TPSA) is 75.4 Å². The first-order chi connectivity index (χ1) is 9.99. The number of carboxylic acid groups (broad SMARTS) is 1. The fourth-order valence-electron chi connectivity index (χ4n) is 2.94. The lowest BCUT2D eigenvalue weighted by Gasteiger charge is -2.17. The number of halogens is 1. The highest BCUT2D eigenvalue weighted by Crippen LogP contribution is 2.30. The van der Waals surface area contributed by atoms with Crippen LogP contribution in [0.15, 0.2) is 6.20 Å². The molecule has 21 heavy (non-hydrogen) atoms. The summed E-state index contributed by atoms with van der Waals surface area (Å²) in [5.41, 5.74) is 0.348. The number of hydrogen-bond donors (Lipinski definition) is 1. The molecule has 0 spiro atoms. The monoisotopic (exact) mass is 313 g/mol. The van der Waals surface area contributed by atoms with Crippen molar-refractivity contribution >= 4 is 23.5 Å². The number of hydrogen-bond acceptors (Lipinski definition) is 3. The van der Waals surface area contributed by atoms with Gasteiger partial charge in [-0.2, -0.15) is 5.10 Å². The minimum Gasteiger partial charge on any atom is -0.481 e. The highest BCUT2D eigenvalue weighted by molar-refractivity contribution is 6.33. The maximum Gasteiger partial charge on any atom is 0.308 e. The molecule has 0 aliphatic carbocycles. The summed E-state index contributed by atoms with van der Waals surface area (Å²) < 4.78 is 1.55. The maximum absolute atomic E-state index is 12.6. The number of amides is 1. The van der Waals surface area contributed by atoms with Crippen molar-refractivity contribution < 1.29 is 14.7 Å². The Labute approximate surface area is 128 Å². The zero-order valence-corrected chi connectivity index (χ0v) is 13.0. The van der Waals surface area contributed by atoms with E-state index in [0.29, 0.717) is 23.8 Å². The van der Waals surface area contributed by atoms with Crippen LogP contribution < -0.4 is 0 Å². The minimum atomic E-state index is -0.834. The average molecular weight is 314 g/mol. The van der Waals surface area contributed by atoms with Crippen LogP contribution in [-0.4, -0.2) is 44.8 Å². The summed E-state index contributed by atoms with van der Waals surface area (Å²) >= 11 is 6.05. The molecule has 1 aromatic rings. The summed E-state index contributed by atoms with van der Waals surface area (Å²) in [5.74, 6) is -1.55. The third-order valence-electron chi connectivity index (χ3n) is 4.00. The number of aliphatic carboxylic acids is 1. The summed E-state index contributed by atoms with van der Waals surface area (Å²) in [6.07, 6.45) is 3.16. The molecule has 2 rings (SSSR count). The Morgan fingerprint density at radius 1 is 1.43 bits per heavy atom. The van der Waals surface area contributed by atoms with Crippen LogP contribution in [0, 0.1) is 11.8 Å². The summed E-state index contributed by atoms with van der Waals surface area (Å²) in [7, 11) is 0. The van der Waals surface area contributed by atoms with Gasteiger partial charge < -0.3 is 10.0 Å². The van der Waals surface area contributed by atoms with E-state index in [-0.39, 0.29) is 18.4 Å². The summed E-state index contributed by atoms with van der Waals surface area (Å²) in [4.78, 5) is 25.6. The highest BCUT2D eigenvalue weighted by atomic mass is 35.5. The van der Waals surface area contributed by atoms with E-state index in [1.165, 1.54) is 6.20 Å². The number of carboxylic acids is 1. The number of carbonyl (C=O) groups is 2. The molecule has 0 bridgehead atoms. The van der Waals surface area contributed by atoms with E-state index in [2.05, 4.69) is 5.10 Å². The molecule has 1 N–H and O–H groups in total. The first-order valence-electron chi connectivity index (χ1n) is 7.22. The van der Waals surface area contributed by atoms with Gasteiger partial charge in [0.25, 0.3) is 5.91 Å². The molecule has 6 nitrogen and oxygen atoms in total. The van der Waals surface area contributed by atoms with E-state index in [1.807, 2.05) is 13.8 Å². The summed E-state index contributed by atoms with van der Waals surface area (Å²) in [5, 5.41) is 13.7. The van der Waals surface area contributed by atoms with E-state index in [4.69, 9.17) is 11.6 Å².